The van der Waals surface area contributed by atoms with Crippen molar-refractivity contribution in [2.45, 2.75) is 6.54 Å². The third-order valence-electron chi connectivity index (χ3n) is 2.84. The third kappa shape index (κ3) is 2.18. The summed E-state index contributed by atoms with van der Waals surface area (Å²) < 4.78 is 1.72. The highest BCUT2D eigenvalue weighted by Crippen LogP contribution is 2.26. The van der Waals surface area contributed by atoms with Gasteiger partial charge in [0, 0.05) is 18.1 Å². The summed E-state index contributed by atoms with van der Waals surface area (Å²) >= 11 is 6.18. The molecule has 2 aromatic heterocycles. The number of benzene rings is 1. The molecule has 0 saturated carbocycles. The van der Waals surface area contributed by atoms with Gasteiger partial charge in [0.2, 0.25) is 0 Å². The molecule has 0 radical (unpaired) electrons. The molecule has 3 rings (SSSR count). The van der Waals surface area contributed by atoms with Crippen LogP contribution in [-0.4, -0.2) is 27.0 Å². The van der Waals surface area contributed by atoms with E-state index >= 15 is 0 Å². The Morgan fingerprint density at radius 1 is 1.32 bits per heavy atom. The van der Waals surface area contributed by atoms with E-state index in [1.807, 2.05) is 37.5 Å². The van der Waals surface area contributed by atoms with Gasteiger partial charge in [-0.25, -0.2) is 4.68 Å². The first-order chi connectivity index (χ1) is 9.29. The highest BCUT2D eigenvalue weighted by atomic mass is 35.5. The maximum Gasteiger partial charge on any atom is 0.0974 e. The normalized spacial score (nSPS) is 11.1. The van der Waals surface area contributed by atoms with E-state index < -0.39 is 0 Å². The molecule has 19 heavy (non-hydrogen) atoms. The molecule has 0 aliphatic rings. The lowest BCUT2D eigenvalue weighted by Gasteiger charge is -2.06. The fraction of sp³-hybridized carbons (Fsp3) is 0.154. The molecule has 5 nitrogen and oxygen atoms in total. The molecule has 2 heterocycles. The maximum absolute atomic E-state index is 6.18. The molecule has 0 fully saturated rings. The molecule has 0 bridgehead atoms. The Kier molecular flexibility index (Phi) is 3.15. The van der Waals surface area contributed by atoms with Gasteiger partial charge in [0.25, 0.3) is 0 Å². The van der Waals surface area contributed by atoms with Gasteiger partial charge in [-0.15, -0.1) is 5.10 Å². The lowest BCUT2D eigenvalue weighted by Crippen LogP contribution is -2.05. The minimum atomic E-state index is 0.680. The van der Waals surface area contributed by atoms with Crippen molar-refractivity contribution in [1.82, 2.24) is 25.3 Å². The summed E-state index contributed by atoms with van der Waals surface area (Å²) in [6, 6.07) is 7.56. The van der Waals surface area contributed by atoms with Crippen molar-refractivity contribution >= 4 is 22.5 Å². The van der Waals surface area contributed by atoms with Crippen molar-refractivity contribution in [3.63, 3.8) is 0 Å². The fourth-order valence-electron chi connectivity index (χ4n) is 1.99. The van der Waals surface area contributed by atoms with E-state index in [0.29, 0.717) is 11.6 Å². The second kappa shape index (κ2) is 4.95. The fourth-order valence-corrected chi connectivity index (χ4v) is 2.20. The van der Waals surface area contributed by atoms with E-state index in [1.165, 1.54) is 0 Å². The van der Waals surface area contributed by atoms with Gasteiger partial charge in [-0.1, -0.05) is 16.8 Å². The number of fused-ring (bicyclic) bond motifs is 1. The number of aromatic nitrogens is 4. The first-order valence-electron chi connectivity index (χ1n) is 5.89. The molecule has 6 heteroatoms. The Bertz CT molecular complexity index is 722. The van der Waals surface area contributed by atoms with Gasteiger partial charge in [-0.3, -0.25) is 4.98 Å². The van der Waals surface area contributed by atoms with E-state index in [2.05, 4.69) is 20.6 Å². The van der Waals surface area contributed by atoms with Gasteiger partial charge >= 0.3 is 0 Å². The molecule has 96 valence electrons. The first kappa shape index (κ1) is 12.1. The smallest absolute Gasteiger partial charge is 0.0974 e. The van der Waals surface area contributed by atoms with E-state index in [-0.39, 0.29) is 0 Å². The van der Waals surface area contributed by atoms with Gasteiger partial charge in [0.05, 0.1) is 28.1 Å². The molecule has 1 aromatic carbocycles. The summed E-state index contributed by atoms with van der Waals surface area (Å²) in [4.78, 5) is 4.38. The molecule has 0 saturated heterocycles. The van der Waals surface area contributed by atoms with Crippen LogP contribution in [0.15, 0.2) is 36.7 Å². The van der Waals surface area contributed by atoms with Crippen LogP contribution in [-0.2, 0) is 6.54 Å². The van der Waals surface area contributed by atoms with Crippen LogP contribution in [0.2, 0.25) is 5.02 Å². The summed E-state index contributed by atoms with van der Waals surface area (Å²) in [5, 5.41) is 12.9. The van der Waals surface area contributed by atoms with Crippen LogP contribution in [0.25, 0.3) is 16.6 Å². The molecule has 0 atom stereocenters. The lowest BCUT2D eigenvalue weighted by atomic mass is 10.2. The summed E-state index contributed by atoms with van der Waals surface area (Å²) in [6.45, 7) is 0.680. The minimum absolute atomic E-state index is 0.680. The SMILES string of the molecule is CNCc1cn(-c2ccc(Cl)c3cccnc23)nn1. The van der Waals surface area contributed by atoms with Crippen molar-refractivity contribution in [2.75, 3.05) is 7.05 Å². The summed E-state index contributed by atoms with van der Waals surface area (Å²) in [6.07, 6.45) is 3.63. The zero-order valence-electron chi connectivity index (χ0n) is 10.3. The Labute approximate surface area is 115 Å². The molecule has 0 aliphatic carbocycles. The number of nitrogens with zero attached hydrogens (tertiary/aromatic N) is 4. The second-order valence-electron chi connectivity index (χ2n) is 4.15. The quantitative estimate of drug-likeness (QED) is 0.795. The summed E-state index contributed by atoms with van der Waals surface area (Å²) in [5.74, 6) is 0. The van der Waals surface area contributed by atoms with Crippen molar-refractivity contribution in [1.29, 1.82) is 0 Å². The van der Waals surface area contributed by atoms with Crippen molar-refractivity contribution in [3.05, 3.63) is 47.4 Å². The zero-order valence-corrected chi connectivity index (χ0v) is 11.1. The highest BCUT2D eigenvalue weighted by molar-refractivity contribution is 6.35. The van der Waals surface area contributed by atoms with Crippen LogP contribution < -0.4 is 5.32 Å². The molecule has 1 N–H and O–H groups in total. The van der Waals surface area contributed by atoms with Gasteiger partial charge in [0.1, 0.15) is 0 Å². The van der Waals surface area contributed by atoms with E-state index in [0.717, 1.165) is 22.3 Å². The molecule has 3 aromatic rings. The van der Waals surface area contributed by atoms with Gasteiger partial charge in [0.15, 0.2) is 0 Å². The van der Waals surface area contributed by atoms with Crippen molar-refractivity contribution < 1.29 is 0 Å². The molecule has 0 unspecified atom stereocenters. The lowest BCUT2D eigenvalue weighted by molar-refractivity contribution is 0.768. The number of nitrogens with one attached hydrogen (secondary N) is 1. The number of rotatable bonds is 3. The predicted octanol–water partition coefficient (Wildman–Crippen LogP) is 2.19. The summed E-state index contributed by atoms with van der Waals surface area (Å²) in [5.41, 5.74) is 2.56. The van der Waals surface area contributed by atoms with Gasteiger partial charge in [-0.05, 0) is 31.3 Å². The van der Waals surface area contributed by atoms with Crippen LogP contribution >= 0.6 is 11.6 Å². The molecular weight excluding hydrogens is 262 g/mol. The standard InChI is InChI=1S/C13H12ClN5/c1-15-7-9-8-19(18-17-9)12-5-4-11(14)10-3-2-6-16-13(10)12/h2-6,8,15H,7H2,1H3. The minimum Gasteiger partial charge on any atom is -0.314 e. The molecule has 0 spiro atoms. The first-order valence-corrected chi connectivity index (χ1v) is 6.27. The average molecular weight is 274 g/mol. The van der Waals surface area contributed by atoms with Crippen LogP contribution in [0.4, 0.5) is 0 Å². The van der Waals surface area contributed by atoms with Gasteiger partial charge in [-0.2, -0.15) is 0 Å². The van der Waals surface area contributed by atoms with Crippen LogP contribution in [0.5, 0.6) is 0 Å². The van der Waals surface area contributed by atoms with E-state index in [9.17, 15) is 0 Å². The predicted molar refractivity (Wildman–Crippen MR) is 74.4 cm³/mol. The largest absolute Gasteiger partial charge is 0.314 e. The number of pyridine rings is 1. The molecule has 0 aliphatic heterocycles. The van der Waals surface area contributed by atoms with Crippen molar-refractivity contribution in [3.8, 4) is 5.69 Å². The topological polar surface area (TPSA) is 55.6 Å². The number of hydrogen-bond acceptors (Lipinski definition) is 4. The Hall–Kier alpha value is -1.98. The Morgan fingerprint density at radius 2 is 2.21 bits per heavy atom. The van der Waals surface area contributed by atoms with E-state index in [4.69, 9.17) is 11.6 Å². The average Bonchev–Trinajstić information content (AvgIpc) is 2.88. The number of halogens is 1. The van der Waals surface area contributed by atoms with Crippen LogP contribution in [0.3, 0.4) is 0 Å². The highest BCUT2D eigenvalue weighted by Gasteiger charge is 2.09. The maximum atomic E-state index is 6.18. The van der Waals surface area contributed by atoms with E-state index in [1.54, 1.807) is 10.9 Å². The van der Waals surface area contributed by atoms with Crippen LogP contribution in [0, 0.1) is 0 Å². The number of hydrogen-bond donors (Lipinski definition) is 1. The van der Waals surface area contributed by atoms with Crippen molar-refractivity contribution in [2.24, 2.45) is 0 Å². The molecular formula is C13H12ClN5. The Morgan fingerprint density at radius 3 is 3.05 bits per heavy atom. The second-order valence-corrected chi connectivity index (χ2v) is 4.56. The Balaban J connectivity index is 2.16. The monoisotopic (exact) mass is 273 g/mol. The molecule has 0 amide bonds. The third-order valence-corrected chi connectivity index (χ3v) is 3.17. The summed E-state index contributed by atoms with van der Waals surface area (Å²) in [7, 11) is 1.87. The van der Waals surface area contributed by atoms with Crippen LogP contribution in [0.1, 0.15) is 5.69 Å². The zero-order chi connectivity index (χ0) is 13.2. The van der Waals surface area contributed by atoms with Gasteiger partial charge < -0.3 is 5.32 Å².